The lowest BCUT2D eigenvalue weighted by atomic mass is 9.98. The maximum absolute atomic E-state index is 13.4. The lowest BCUT2D eigenvalue weighted by Crippen LogP contribution is -2.58. The Morgan fingerprint density at radius 1 is 1.18 bits per heavy atom. The Kier molecular flexibility index (Phi) is 7.45. The van der Waals surface area contributed by atoms with Crippen molar-refractivity contribution in [1.82, 2.24) is 25.3 Å². The second-order valence-corrected chi connectivity index (χ2v) is 10.5. The molecule has 0 saturated carbocycles. The Morgan fingerprint density at radius 2 is 1.95 bits per heavy atom. The van der Waals surface area contributed by atoms with Gasteiger partial charge < -0.3 is 19.9 Å². The number of aromatic amines is 1. The number of rotatable bonds is 7. The van der Waals surface area contributed by atoms with E-state index in [4.69, 9.17) is 4.74 Å². The molecule has 2 aliphatic rings. The Labute approximate surface area is 228 Å². The van der Waals surface area contributed by atoms with Gasteiger partial charge in [-0.25, -0.2) is 9.59 Å². The number of para-hydroxylation sites is 1. The van der Waals surface area contributed by atoms with Crippen LogP contribution in [-0.4, -0.2) is 62.9 Å². The zero-order chi connectivity index (χ0) is 27.6. The number of nitrogens with zero attached hydrogens (tertiary/aromatic N) is 3. The van der Waals surface area contributed by atoms with Crippen molar-refractivity contribution in [3.05, 3.63) is 59.3 Å². The number of carbonyl (C=O) groups is 3. The van der Waals surface area contributed by atoms with Crippen LogP contribution < -0.4 is 10.6 Å². The van der Waals surface area contributed by atoms with Crippen molar-refractivity contribution >= 4 is 34.6 Å². The molecule has 10 heteroatoms. The number of benzene rings is 2. The Balaban J connectivity index is 1.25. The smallest absolute Gasteiger partial charge is 0.322 e. The fourth-order valence-corrected chi connectivity index (χ4v) is 5.60. The van der Waals surface area contributed by atoms with Crippen molar-refractivity contribution in [3.8, 4) is 0 Å². The number of urea groups is 2. The van der Waals surface area contributed by atoms with Gasteiger partial charge in [0.2, 0.25) is 0 Å². The third kappa shape index (κ3) is 5.69. The van der Waals surface area contributed by atoms with Crippen LogP contribution in [0.25, 0.3) is 10.9 Å². The van der Waals surface area contributed by atoms with Crippen LogP contribution in [0.15, 0.2) is 42.6 Å². The van der Waals surface area contributed by atoms with Gasteiger partial charge in [0.15, 0.2) is 5.72 Å². The van der Waals surface area contributed by atoms with E-state index in [-0.39, 0.29) is 30.5 Å². The summed E-state index contributed by atoms with van der Waals surface area (Å²) in [6, 6.07) is 11.6. The Morgan fingerprint density at radius 3 is 2.69 bits per heavy atom. The summed E-state index contributed by atoms with van der Waals surface area (Å²) in [5, 5.41) is 14.2. The zero-order valence-electron chi connectivity index (χ0n) is 22.8. The normalized spacial score (nSPS) is 17.4. The number of fused-ring (bicyclic) bond motifs is 2. The summed E-state index contributed by atoms with van der Waals surface area (Å²) in [6.45, 7) is 7.11. The van der Waals surface area contributed by atoms with Crippen LogP contribution in [0.5, 0.6) is 0 Å². The summed E-state index contributed by atoms with van der Waals surface area (Å²) in [6.07, 6.45) is 4.47. The maximum Gasteiger partial charge on any atom is 0.322 e. The van der Waals surface area contributed by atoms with Gasteiger partial charge in [0.25, 0.3) is 0 Å². The van der Waals surface area contributed by atoms with Crippen LogP contribution in [0.3, 0.4) is 0 Å². The highest BCUT2D eigenvalue weighted by Crippen LogP contribution is 2.28. The minimum absolute atomic E-state index is 0.0425. The van der Waals surface area contributed by atoms with E-state index in [0.29, 0.717) is 38.9 Å². The first-order chi connectivity index (χ1) is 18.8. The lowest BCUT2D eigenvalue weighted by molar-refractivity contribution is -0.159. The van der Waals surface area contributed by atoms with Gasteiger partial charge >= 0.3 is 18.0 Å². The molecule has 0 spiro atoms. The van der Waals surface area contributed by atoms with Crippen LogP contribution in [-0.2, 0) is 28.9 Å². The summed E-state index contributed by atoms with van der Waals surface area (Å²) in [5.41, 5.74) is 3.77. The number of hydrogen-bond donors (Lipinski definition) is 3. The van der Waals surface area contributed by atoms with Gasteiger partial charge in [-0.1, -0.05) is 38.1 Å². The van der Waals surface area contributed by atoms with Gasteiger partial charge in [0.05, 0.1) is 11.7 Å². The fraction of sp³-hybridized carbons (Fsp3) is 0.448. The first-order valence-corrected chi connectivity index (χ1v) is 13.7. The third-order valence-corrected chi connectivity index (χ3v) is 7.66. The standard InChI is InChI=1S/C29H36N6O4/c1-4-20-14-19(15-22-17-30-33-26(20)22)16-29(3,39-25(36)5-2)32-28(38)34-12-10-23(11-13-34)35-18-21-8-6-7-9-24(21)31-27(35)37/h6-9,14-15,17,23H,4-5,10-13,16,18H2,1-3H3,(H,30,33)(H,31,37)(H,32,38). The van der Waals surface area contributed by atoms with E-state index < -0.39 is 5.72 Å². The van der Waals surface area contributed by atoms with Gasteiger partial charge in [-0.3, -0.25) is 15.2 Å². The number of esters is 1. The highest BCUT2D eigenvalue weighted by atomic mass is 16.6. The number of nitrogens with one attached hydrogen (secondary N) is 3. The van der Waals surface area contributed by atoms with Crippen molar-refractivity contribution in [1.29, 1.82) is 0 Å². The van der Waals surface area contributed by atoms with E-state index >= 15 is 0 Å². The molecule has 3 heterocycles. The van der Waals surface area contributed by atoms with Crippen LogP contribution in [0.2, 0.25) is 0 Å². The molecule has 206 valence electrons. The molecule has 39 heavy (non-hydrogen) atoms. The van der Waals surface area contributed by atoms with E-state index in [1.165, 1.54) is 0 Å². The SMILES string of the molecule is CCC(=O)OC(C)(Cc1cc(CC)c2[nH]ncc2c1)NC(=O)N1CCC(N2Cc3ccccc3NC2=O)CC1. The number of piperidine rings is 1. The number of ether oxygens (including phenoxy) is 1. The number of aryl methyl sites for hydroxylation is 1. The molecule has 0 radical (unpaired) electrons. The third-order valence-electron chi connectivity index (χ3n) is 7.66. The van der Waals surface area contributed by atoms with Gasteiger partial charge in [0.1, 0.15) is 0 Å². The average molecular weight is 533 g/mol. The first kappa shape index (κ1) is 26.5. The van der Waals surface area contributed by atoms with E-state index in [2.05, 4.69) is 33.8 Å². The highest BCUT2D eigenvalue weighted by molar-refractivity contribution is 5.92. The predicted molar refractivity (Wildman–Crippen MR) is 148 cm³/mol. The van der Waals surface area contributed by atoms with Crippen molar-refractivity contribution in [3.63, 3.8) is 0 Å². The number of likely N-dealkylation sites (tertiary alicyclic amines) is 1. The molecule has 2 aromatic carbocycles. The molecule has 3 aromatic rings. The van der Waals surface area contributed by atoms with Gasteiger partial charge in [-0.2, -0.15) is 5.10 Å². The molecule has 0 bridgehead atoms. The molecule has 3 N–H and O–H groups in total. The van der Waals surface area contributed by atoms with E-state index in [1.807, 2.05) is 35.2 Å². The second-order valence-electron chi connectivity index (χ2n) is 10.5. The molecule has 4 amide bonds. The number of hydrogen-bond acceptors (Lipinski definition) is 5. The lowest BCUT2D eigenvalue weighted by Gasteiger charge is -2.41. The van der Waals surface area contributed by atoms with E-state index in [1.54, 1.807) is 24.9 Å². The second kappa shape index (κ2) is 11.0. The molecule has 1 aromatic heterocycles. The van der Waals surface area contributed by atoms with E-state index in [9.17, 15) is 14.4 Å². The molecular formula is C29H36N6O4. The van der Waals surface area contributed by atoms with Gasteiger partial charge in [-0.05, 0) is 55.0 Å². The molecular weight excluding hydrogens is 496 g/mol. The molecule has 0 aliphatic carbocycles. The highest BCUT2D eigenvalue weighted by Gasteiger charge is 2.36. The number of carbonyl (C=O) groups excluding carboxylic acids is 3. The minimum Gasteiger partial charge on any atom is -0.439 e. The zero-order valence-corrected chi connectivity index (χ0v) is 22.8. The topological polar surface area (TPSA) is 120 Å². The number of H-pyrrole nitrogens is 1. The summed E-state index contributed by atoms with van der Waals surface area (Å²) < 4.78 is 5.80. The Bertz CT molecular complexity index is 1380. The number of anilines is 1. The van der Waals surface area contributed by atoms with Gasteiger partial charge in [0, 0.05) is 49.6 Å². The average Bonchev–Trinajstić information content (AvgIpc) is 3.40. The molecule has 2 aliphatic heterocycles. The van der Waals surface area contributed by atoms with Crippen molar-refractivity contribution in [2.45, 2.75) is 71.2 Å². The predicted octanol–water partition coefficient (Wildman–Crippen LogP) is 4.56. The van der Waals surface area contributed by atoms with Crippen LogP contribution in [0, 0.1) is 0 Å². The number of amides is 4. The van der Waals surface area contributed by atoms with E-state index in [0.717, 1.165) is 39.7 Å². The molecule has 1 saturated heterocycles. The first-order valence-electron chi connectivity index (χ1n) is 13.7. The molecule has 1 atom stereocenters. The molecule has 5 rings (SSSR count). The quantitative estimate of drug-likeness (QED) is 0.304. The van der Waals surface area contributed by atoms with Crippen LogP contribution in [0.1, 0.15) is 56.7 Å². The fourth-order valence-electron chi connectivity index (χ4n) is 5.60. The Hall–Kier alpha value is -4.08. The van der Waals surface area contributed by atoms with Crippen LogP contribution in [0.4, 0.5) is 15.3 Å². The van der Waals surface area contributed by atoms with Crippen molar-refractivity contribution < 1.29 is 19.1 Å². The molecule has 1 unspecified atom stereocenters. The maximum atomic E-state index is 13.4. The summed E-state index contributed by atoms with van der Waals surface area (Å²) in [5.74, 6) is -0.381. The molecule has 1 fully saturated rings. The summed E-state index contributed by atoms with van der Waals surface area (Å²) in [7, 11) is 0. The minimum atomic E-state index is -1.22. The van der Waals surface area contributed by atoms with Crippen molar-refractivity contribution in [2.24, 2.45) is 0 Å². The van der Waals surface area contributed by atoms with Crippen LogP contribution >= 0.6 is 0 Å². The van der Waals surface area contributed by atoms with Crippen molar-refractivity contribution in [2.75, 3.05) is 18.4 Å². The number of aromatic nitrogens is 2. The monoisotopic (exact) mass is 532 g/mol. The summed E-state index contributed by atoms with van der Waals surface area (Å²) in [4.78, 5) is 42.1. The largest absolute Gasteiger partial charge is 0.439 e. The van der Waals surface area contributed by atoms with Gasteiger partial charge in [-0.15, -0.1) is 0 Å². The summed E-state index contributed by atoms with van der Waals surface area (Å²) >= 11 is 0. The molecule has 10 nitrogen and oxygen atoms in total.